The summed E-state index contributed by atoms with van der Waals surface area (Å²) in [5.41, 5.74) is 1.66. The normalized spacial score (nSPS) is 12.5. The Labute approximate surface area is 192 Å². The standard InChI is InChI=1S/C21H15F3N4O3S2/c1-10(11-3-2-4-12(5-11)21(22,23)24)18(30)28-20-27-17-15(29)6-13(7-16(17)33-20)26-19(31)14-8-32-9-25-14/h2-10,29H,1H3,(H,26,31)(H,27,28,30). The molecule has 0 spiro atoms. The molecule has 0 aliphatic heterocycles. The van der Waals surface area contributed by atoms with Gasteiger partial charge in [0.15, 0.2) is 5.13 Å². The molecule has 4 aromatic rings. The molecule has 2 heterocycles. The number of carbonyl (C=O) groups excluding carboxylic acids is 2. The van der Waals surface area contributed by atoms with E-state index >= 15 is 0 Å². The number of aromatic hydroxyl groups is 1. The number of carbonyl (C=O) groups is 2. The Balaban J connectivity index is 1.52. The Hall–Kier alpha value is -3.51. The smallest absolute Gasteiger partial charge is 0.416 e. The van der Waals surface area contributed by atoms with Crippen LogP contribution in [0.1, 0.15) is 34.5 Å². The molecule has 0 saturated heterocycles. The van der Waals surface area contributed by atoms with Gasteiger partial charge in [-0.1, -0.05) is 29.5 Å². The van der Waals surface area contributed by atoms with E-state index in [-0.39, 0.29) is 27.7 Å². The van der Waals surface area contributed by atoms with Gasteiger partial charge in [-0.15, -0.1) is 11.3 Å². The van der Waals surface area contributed by atoms with E-state index in [0.29, 0.717) is 10.4 Å². The lowest BCUT2D eigenvalue weighted by atomic mass is 9.98. The van der Waals surface area contributed by atoms with E-state index in [9.17, 15) is 27.9 Å². The number of fused-ring (bicyclic) bond motifs is 1. The van der Waals surface area contributed by atoms with Crippen molar-refractivity contribution in [3.8, 4) is 5.75 Å². The Kier molecular flexibility index (Phi) is 6.04. The molecule has 0 radical (unpaired) electrons. The molecule has 4 rings (SSSR count). The highest BCUT2D eigenvalue weighted by Crippen LogP contribution is 2.36. The van der Waals surface area contributed by atoms with E-state index in [4.69, 9.17) is 0 Å². The zero-order chi connectivity index (χ0) is 23.8. The lowest BCUT2D eigenvalue weighted by Crippen LogP contribution is -2.19. The van der Waals surface area contributed by atoms with Gasteiger partial charge in [0, 0.05) is 17.1 Å². The van der Waals surface area contributed by atoms with E-state index in [1.807, 2.05) is 0 Å². The predicted molar refractivity (Wildman–Crippen MR) is 120 cm³/mol. The van der Waals surface area contributed by atoms with Gasteiger partial charge in [0.1, 0.15) is 17.0 Å². The number of amides is 2. The second-order valence-corrected chi connectivity index (χ2v) is 8.77. The van der Waals surface area contributed by atoms with Crippen LogP contribution >= 0.6 is 22.7 Å². The molecule has 0 fully saturated rings. The summed E-state index contributed by atoms with van der Waals surface area (Å²) in [7, 11) is 0. The number of thiazole rings is 2. The Morgan fingerprint density at radius 1 is 1.15 bits per heavy atom. The fourth-order valence-electron chi connectivity index (χ4n) is 3.01. The minimum atomic E-state index is -4.51. The van der Waals surface area contributed by atoms with Crippen LogP contribution in [0.25, 0.3) is 10.2 Å². The number of nitrogens with one attached hydrogen (secondary N) is 2. The molecular weight excluding hydrogens is 477 g/mol. The first-order chi connectivity index (χ1) is 15.6. The van der Waals surface area contributed by atoms with Crippen LogP contribution < -0.4 is 10.6 Å². The maximum absolute atomic E-state index is 13.0. The molecule has 0 bridgehead atoms. The van der Waals surface area contributed by atoms with Gasteiger partial charge in [-0.3, -0.25) is 9.59 Å². The summed E-state index contributed by atoms with van der Waals surface area (Å²) in [6, 6.07) is 7.48. The van der Waals surface area contributed by atoms with Crippen LogP contribution in [0.4, 0.5) is 24.0 Å². The Bertz CT molecular complexity index is 1340. The fraction of sp³-hybridized carbons (Fsp3) is 0.143. The van der Waals surface area contributed by atoms with Crippen molar-refractivity contribution in [1.82, 2.24) is 9.97 Å². The number of phenols is 1. The fourth-order valence-corrected chi connectivity index (χ4v) is 4.47. The number of alkyl halides is 3. The maximum atomic E-state index is 13.0. The summed E-state index contributed by atoms with van der Waals surface area (Å²) in [5.74, 6) is -2.07. The number of phenolic OH excluding ortho intramolecular Hbond substituents is 1. The lowest BCUT2D eigenvalue weighted by Gasteiger charge is -2.13. The van der Waals surface area contributed by atoms with Crippen molar-refractivity contribution in [1.29, 1.82) is 0 Å². The summed E-state index contributed by atoms with van der Waals surface area (Å²) in [4.78, 5) is 32.9. The van der Waals surface area contributed by atoms with Crippen LogP contribution in [0.3, 0.4) is 0 Å². The molecule has 2 aromatic carbocycles. The van der Waals surface area contributed by atoms with Crippen LogP contribution in [0.2, 0.25) is 0 Å². The van der Waals surface area contributed by atoms with Gasteiger partial charge in [0.25, 0.3) is 5.91 Å². The molecule has 3 N–H and O–H groups in total. The summed E-state index contributed by atoms with van der Waals surface area (Å²) in [6.45, 7) is 1.49. The number of aromatic nitrogens is 2. The molecule has 7 nitrogen and oxygen atoms in total. The summed E-state index contributed by atoms with van der Waals surface area (Å²) >= 11 is 2.32. The van der Waals surface area contributed by atoms with Gasteiger partial charge >= 0.3 is 6.18 Å². The zero-order valence-electron chi connectivity index (χ0n) is 16.8. The van der Waals surface area contributed by atoms with Crippen molar-refractivity contribution in [3.63, 3.8) is 0 Å². The van der Waals surface area contributed by atoms with Crippen molar-refractivity contribution in [2.75, 3.05) is 10.6 Å². The highest BCUT2D eigenvalue weighted by atomic mass is 32.1. The van der Waals surface area contributed by atoms with Crippen molar-refractivity contribution in [3.05, 3.63) is 64.1 Å². The largest absolute Gasteiger partial charge is 0.506 e. The first kappa shape index (κ1) is 22.7. The molecular formula is C21H15F3N4O3S2. The second-order valence-electron chi connectivity index (χ2n) is 7.02. The zero-order valence-corrected chi connectivity index (χ0v) is 18.4. The van der Waals surface area contributed by atoms with E-state index < -0.39 is 29.5 Å². The van der Waals surface area contributed by atoms with Gasteiger partial charge in [-0.05, 0) is 24.6 Å². The molecule has 12 heteroatoms. The van der Waals surface area contributed by atoms with Crippen molar-refractivity contribution in [2.24, 2.45) is 0 Å². The van der Waals surface area contributed by atoms with Crippen molar-refractivity contribution >= 4 is 55.5 Å². The molecule has 0 aliphatic rings. The number of hydrogen-bond donors (Lipinski definition) is 3. The minimum Gasteiger partial charge on any atom is -0.506 e. The lowest BCUT2D eigenvalue weighted by molar-refractivity contribution is -0.137. The van der Waals surface area contributed by atoms with Crippen molar-refractivity contribution in [2.45, 2.75) is 19.0 Å². The Morgan fingerprint density at radius 3 is 2.64 bits per heavy atom. The second kappa shape index (κ2) is 8.79. The highest BCUT2D eigenvalue weighted by molar-refractivity contribution is 7.22. The monoisotopic (exact) mass is 492 g/mol. The molecule has 2 amide bonds. The summed E-state index contributed by atoms with van der Waals surface area (Å²) < 4.78 is 39.4. The van der Waals surface area contributed by atoms with Crippen LogP contribution in [-0.4, -0.2) is 26.9 Å². The van der Waals surface area contributed by atoms with Crippen LogP contribution in [0.5, 0.6) is 5.75 Å². The average Bonchev–Trinajstić information content (AvgIpc) is 3.43. The predicted octanol–water partition coefficient (Wildman–Crippen LogP) is 5.47. The summed E-state index contributed by atoms with van der Waals surface area (Å²) in [6.07, 6.45) is -4.51. The third-order valence-electron chi connectivity index (χ3n) is 4.74. The van der Waals surface area contributed by atoms with Gasteiger partial charge in [-0.2, -0.15) is 13.2 Å². The third kappa shape index (κ3) is 4.96. The molecule has 0 saturated carbocycles. The average molecular weight is 493 g/mol. The van der Waals surface area contributed by atoms with Crippen LogP contribution in [0, 0.1) is 0 Å². The SMILES string of the molecule is CC(C(=O)Nc1nc2c(O)cc(NC(=O)c3cscn3)cc2s1)c1cccc(C(F)(F)F)c1. The number of nitrogens with zero attached hydrogens (tertiary/aromatic N) is 2. The number of benzene rings is 2. The first-order valence-electron chi connectivity index (χ1n) is 9.43. The van der Waals surface area contributed by atoms with Gasteiger partial charge in [0.2, 0.25) is 5.91 Å². The van der Waals surface area contributed by atoms with Gasteiger partial charge in [0.05, 0.1) is 21.7 Å². The number of halogens is 3. The molecule has 170 valence electrons. The minimum absolute atomic E-state index is 0.159. The molecule has 1 unspecified atom stereocenters. The molecule has 33 heavy (non-hydrogen) atoms. The van der Waals surface area contributed by atoms with E-state index in [1.54, 1.807) is 11.4 Å². The van der Waals surface area contributed by atoms with E-state index in [1.165, 1.54) is 42.0 Å². The molecule has 1 atom stereocenters. The van der Waals surface area contributed by atoms with Crippen molar-refractivity contribution < 1.29 is 27.9 Å². The topological polar surface area (TPSA) is 104 Å². The van der Waals surface area contributed by atoms with Crippen LogP contribution in [-0.2, 0) is 11.0 Å². The number of anilines is 2. The van der Waals surface area contributed by atoms with Crippen LogP contribution in [0.15, 0.2) is 47.3 Å². The highest BCUT2D eigenvalue weighted by Gasteiger charge is 2.31. The van der Waals surface area contributed by atoms with E-state index in [2.05, 4.69) is 20.6 Å². The quantitative estimate of drug-likeness (QED) is 0.343. The molecule has 2 aromatic heterocycles. The maximum Gasteiger partial charge on any atom is 0.416 e. The van der Waals surface area contributed by atoms with Gasteiger partial charge < -0.3 is 15.7 Å². The molecule has 0 aliphatic carbocycles. The number of rotatable bonds is 5. The van der Waals surface area contributed by atoms with E-state index in [0.717, 1.165) is 23.5 Å². The first-order valence-corrected chi connectivity index (χ1v) is 11.2. The third-order valence-corrected chi connectivity index (χ3v) is 6.24. The number of hydrogen-bond acceptors (Lipinski definition) is 7. The summed E-state index contributed by atoms with van der Waals surface area (Å²) in [5, 5.41) is 17.2. The Morgan fingerprint density at radius 2 is 1.94 bits per heavy atom. The van der Waals surface area contributed by atoms with Gasteiger partial charge in [-0.25, -0.2) is 9.97 Å².